The molecule has 512 valence electrons. The van der Waals surface area contributed by atoms with Gasteiger partial charge in [-0.1, -0.05) is 30.3 Å². The Hall–Kier alpha value is -4.44. The van der Waals surface area contributed by atoms with Gasteiger partial charge in [0, 0.05) is 38.5 Å². The van der Waals surface area contributed by atoms with Gasteiger partial charge in [0.2, 0.25) is 11.7 Å². The molecule has 5 rings (SSSR count). The zero-order valence-electron chi connectivity index (χ0n) is 50.5. The van der Waals surface area contributed by atoms with Crippen LogP contribution in [0.3, 0.4) is 0 Å². The third kappa shape index (κ3) is 25.5. The average molecular weight is 1290 g/mol. The molecule has 3 saturated heterocycles. The molecule has 31 nitrogen and oxygen atoms in total. The Morgan fingerprint density at radius 1 is 0.533 bits per heavy atom. The fourth-order valence-corrected chi connectivity index (χ4v) is 9.37. The topological polar surface area (TPSA) is 441 Å². The Balaban J connectivity index is 0.911. The molecule has 0 aliphatic carbocycles. The van der Waals surface area contributed by atoms with Gasteiger partial charge in [0.1, 0.15) is 79.4 Å². The Morgan fingerprint density at radius 3 is 1.62 bits per heavy atom. The molecule has 1 amide bonds. The number of unbranched alkanes of at least 4 members (excludes halogenated alkanes) is 1. The maximum Gasteiger partial charge on any atom is 0.305 e. The van der Waals surface area contributed by atoms with Crippen molar-refractivity contribution in [3.63, 3.8) is 0 Å². The number of carboxylic acid groups (broad SMARTS) is 1. The number of aliphatic hydroxyl groups is 10. The number of ether oxygens (including phenoxy) is 15. The van der Waals surface area contributed by atoms with Gasteiger partial charge in [-0.15, -0.1) is 0 Å². The molecule has 31 heteroatoms. The second-order valence-corrected chi connectivity index (χ2v) is 21.1. The molecule has 2 aromatic carbocycles. The molecular formula is C59H91NO30. The van der Waals surface area contributed by atoms with Crippen LogP contribution in [0.25, 0.3) is 11.1 Å². The number of hydrogen-bond acceptors (Lipinski definition) is 29. The number of rotatable bonds is 47. The minimum Gasteiger partial charge on any atom is -0.486 e. The van der Waals surface area contributed by atoms with Crippen LogP contribution in [0.2, 0.25) is 0 Å². The van der Waals surface area contributed by atoms with Crippen molar-refractivity contribution in [3.8, 4) is 16.9 Å². The first-order valence-corrected chi connectivity index (χ1v) is 30.0. The predicted octanol–water partition coefficient (Wildman–Crippen LogP) is -3.03. The van der Waals surface area contributed by atoms with Crippen LogP contribution >= 0.6 is 0 Å². The summed E-state index contributed by atoms with van der Waals surface area (Å²) in [6, 6.07) is 12.7. The lowest BCUT2D eigenvalue weighted by atomic mass is 9.92. The van der Waals surface area contributed by atoms with Gasteiger partial charge in [-0.05, 0) is 48.6 Å². The van der Waals surface area contributed by atoms with Crippen LogP contribution in [0.4, 0.5) is 0 Å². The lowest BCUT2D eigenvalue weighted by Gasteiger charge is -2.52. The van der Waals surface area contributed by atoms with Gasteiger partial charge in [-0.25, -0.2) is 0 Å². The highest BCUT2D eigenvalue weighted by molar-refractivity contribution is 5.97. The van der Waals surface area contributed by atoms with Gasteiger partial charge in [0.05, 0.1) is 125 Å². The van der Waals surface area contributed by atoms with E-state index in [1.165, 1.54) is 0 Å². The third-order valence-corrected chi connectivity index (χ3v) is 14.3. The van der Waals surface area contributed by atoms with Crippen molar-refractivity contribution in [1.82, 2.24) is 5.32 Å². The molecule has 6 unspecified atom stereocenters. The molecule has 0 saturated carbocycles. The fraction of sp³-hybridized carbons (Fsp3) is 0.729. The van der Waals surface area contributed by atoms with Crippen molar-refractivity contribution in [2.45, 2.75) is 137 Å². The maximum atomic E-state index is 13.1. The first-order valence-electron chi connectivity index (χ1n) is 30.0. The standard InChI is InChI=1S/C59H91NO30/c1-37(64)60-48-55(74)59(75,90-58-53(73)54(50(70)45(34-62)87-58)89-57-52(72)51(71)49(69)44(33-61)86-57)46(35-63)88-56(48)84-16-3-2-8-41(65)36-85-42-12-10-38(11-13-42)39-6-4-7-40(32-39)43(66)9-5-15-76-18-20-78-22-24-80-26-28-82-30-31-83-29-27-81-25-23-79-21-19-77-17-14-47(67)68/h4,6-7,10-13,32,44-46,48-58,61-63,69-75H,2-3,5,8-9,14-31,33-36H2,1H3,(H,60,64)(H,67,68)/t44?,45?,46?,48?,49-,50-,51-,52?,53?,54-,55+,56+,57+,58-,59+/m0/s1. The summed E-state index contributed by atoms with van der Waals surface area (Å²) < 4.78 is 82.9. The molecular weight excluding hydrogens is 1200 g/mol. The van der Waals surface area contributed by atoms with E-state index in [-0.39, 0.29) is 50.6 Å². The molecule has 3 heterocycles. The highest BCUT2D eigenvalue weighted by atomic mass is 16.8. The van der Waals surface area contributed by atoms with E-state index in [9.17, 15) is 70.2 Å². The molecule has 2 aromatic rings. The van der Waals surface area contributed by atoms with Crippen LogP contribution in [-0.4, -0.2) is 310 Å². The molecule has 90 heavy (non-hydrogen) atoms. The number of benzene rings is 2. The lowest BCUT2D eigenvalue weighted by Crippen LogP contribution is -2.74. The highest BCUT2D eigenvalue weighted by Gasteiger charge is 2.60. The van der Waals surface area contributed by atoms with E-state index < -0.39 is 123 Å². The van der Waals surface area contributed by atoms with Crippen molar-refractivity contribution in [3.05, 3.63) is 54.1 Å². The van der Waals surface area contributed by atoms with Crippen molar-refractivity contribution in [1.29, 1.82) is 0 Å². The summed E-state index contributed by atoms with van der Waals surface area (Å²) in [6.07, 6.45) is -22.8. The zero-order valence-corrected chi connectivity index (χ0v) is 50.5. The number of ketones is 2. The molecule has 15 atom stereocenters. The number of carbonyl (C=O) groups excluding carboxylic acids is 3. The Morgan fingerprint density at radius 2 is 1.08 bits per heavy atom. The van der Waals surface area contributed by atoms with Gasteiger partial charge in [-0.2, -0.15) is 0 Å². The molecule has 0 radical (unpaired) electrons. The average Bonchev–Trinajstić information content (AvgIpc) is 0.768. The van der Waals surface area contributed by atoms with E-state index in [0.717, 1.165) is 18.1 Å². The van der Waals surface area contributed by atoms with Crippen LogP contribution in [0.5, 0.6) is 5.75 Å². The van der Waals surface area contributed by atoms with Crippen molar-refractivity contribution < 1.29 is 146 Å². The van der Waals surface area contributed by atoms with Crippen molar-refractivity contribution in [2.75, 3.05) is 139 Å². The number of amides is 1. The summed E-state index contributed by atoms with van der Waals surface area (Å²) in [7, 11) is 0. The normalized spacial score (nSPS) is 27.8. The Bertz CT molecular complexity index is 2340. The van der Waals surface area contributed by atoms with Crippen LogP contribution in [-0.2, 0) is 80.7 Å². The number of aliphatic carboxylic acids is 1. The van der Waals surface area contributed by atoms with Gasteiger partial charge >= 0.3 is 5.97 Å². The first kappa shape index (κ1) is 76.3. The van der Waals surface area contributed by atoms with Gasteiger partial charge in [0.25, 0.3) is 0 Å². The first-order chi connectivity index (χ1) is 43.4. The minimum atomic E-state index is -3.03. The molecule has 3 aliphatic rings. The summed E-state index contributed by atoms with van der Waals surface area (Å²) in [5.41, 5.74) is 2.20. The number of aliphatic hydroxyl groups excluding tert-OH is 9. The lowest BCUT2D eigenvalue weighted by molar-refractivity contribution is -0.436. The van der Waals surface area contributed by atoms with Gasteiger partial charge in [-0.3, -0.25) is 19.2 Å². The summed E-state index contributed by atoms with van der Waals surface area (Å²) in [6.45, 7) is 4.10. The van der Waals surface area contributed by atoms with Crippen molar-refractivity contribution >= 4 is 23.4 Å². The molecule has 0 aromatic heterocycles. The van der Waals surface area contributed by atoms with Crippen LogP contribution in [0.15, 0.2) is 48.5 Å². The summed E-state index contributed by atoms with van der Waals surface area (Å²) in [4.78, 5) is 48.6. The summed E-state index contributed by atoms with van der Waals surface area (Å²) in [5.74, 6) is -4.47. The zero-order chi connectivity index (χ0) is 65.3. The molecule has 0 spiro atoms. The number of carbonyl (C=O) groups is 4. The highest BCUT2D eigenvalue weighted by Crippen LogP contribution is 2.37. The van der Waals surface area contributed by atoms with Crippen LogP contribution < -0.4 is 10.1 Å². The number of Topliss-reactive ketones (excluding diaryl/α,β-unsaturated/α-hetero) is 2. The largest absolute Gasteiger partial charge is 0.486 e. The predicted molar refractivity (Wildman–Crippen MR) is 306 cm³/mol. The fourth-order valence-electron chi connectivity index (χ4n) is 9.37. The van der Waals surface area contributed by atoms with E-state index in [1.807, 2.05) is 24.3 Å². The van der Waals surface area contributed by atoms with E-state index >= 15 is 0 Å². The van der Waals surface area contributed by atoms with Crippen LogP contribution in [0.1, 0.15) is 55.8 Å². The second kappa shape index (κ2) is 42.0. The minimum absolute atomic E-state index is 0.0281. The van der Waals surface area contributed by atoms with Crippen molar-refractivity contribution in [2.24, 2.45) is 0 Å². The molecule has 3 aliphatic heterocycles. The molecule has 12 N–H and O–H groups in total. The SMILES string of the molecule is CC(=O)NC1[C@H](OCCCCC(=O)COc2ccc(-c3cccc(C(=O)CCCOCCOCCOCCOCCOCCOCCOCCOCCC(=O)O)c3)cc2)OC(CO)[C@@](O)(O[C@@H]2OC(CO)[C@H](O)[C@H](O[C@H]3OC(CO)[C@H](O)[C@H](O)C3O)C2O)[C@@H]1O. The van der Waals surface area contributed by atoms with E-state index in [2.05, 4.69) is 5.32 Å². The van der Waals surface area contributed by atoms with E-state index in [0.29, 0.717) is 130 Å². The quantitative estimate of drug-likeness (QED) is 0.0178. The summed E-state index contributed by atoms with van der Waals surface area (Å²) >= 11 is 0. The molecule has 0 bridgehead atoms. The Labute approximate surface area is 520 Å². The maximum absolute atomic E-state index is 13.1. The summed E-state index contributed by atoms with van der Waals surface area (Å²) in [5, 5.41) is 118. The molecule has 3 fully saturated rings. The second-order valence-electron chi connectivity index (χ2n) is 21.1. The van der Waals surface area contributed by atoms with Gasteiger partial charge in [0.15, 0.2) is 30.4 Å². The van der Waals surface area contributed by atoms with Crippen LogP contribution in [0, 0.1) is 0 Å². The number of hydrogen-bond donors (Lipinski definition) is 12. The smallest absolute Gasteiger partial charge is 0.305 e. The number of carboxylic acids is 1. The third-order valence-electron chi connectivity index (χ3n) is 14.3. The monoisotopic (exact) mass is 1290 g/mol. The number of nitrogens with one attached hydrogen (secondary N) is 1. The van der Waals surface area contributed by atoms with E-state index in [1.54, 1.807) is 24.3 Å². The van der Waals surface area contributed by atoms with Gasteiger partial charge < -0.3 is 133 Å². The Kier molecular flexibility index (Phi) is 35.6. The van der Waals surface area contributed by atoms with E-state index in [4.69, 9.17) is 76.2 Å².